The summed E-state index contributed by atoms with van der Waals surface area (Å²) in [4.78, 5) is 3.84. The molecule has 0 unspecified atom stereocenters. The monoisotopic (exact) mass is 308 g/mol. The third kappa shape index (κ3) is 3.38. The lowest BCUT2D eigenvalue weighted by molar-refractivity contribution is 0.579. The normalized spacial score (nSPS) is 10.0. The average Bonchev–Trinajstić information content (AvgIpc) is 2.44. The molecule has 0 fully saturated rings. The molecule has 1 heterocycles. The standard InChI is InChI=1S/C14H11ClF2N4/c1-2-19-13-10(16)6-11(17)14(21-13)20-12-5-9(15)4-3-8(12)7-18/h3-6H,2H2,1H3,(H2,19,20,21). The molecular weight excluding hydrogens is 298 g/mol. The lowest BCUT2D eigenvalue weighted by Gasteiger charge is -2.11. The van der Waals surface area contributed by atoms with Gasteiger partial charge in [-0.3, -0.25) is 0 Å². The fourth-order valence-corrected chi connectivity index (χ4v) is 1.86. The number of benzene rings is 1. The fraction of sp³-hybridized carbons (Fsp3) is 0.143. The van der Waals surface area contributed by atoms with Crippen LogP contribution >= 0.6 is 11.6 Å². The summed E-state index contributed by atoms with van der Waals surface area (Å²) < 4.78 is 27.3. The number of rotatable bonds is 4. The van der Waals surface area contributed by atoms with Crippen molar-refractivity contribution in [3.05, 3.63) is 46.5 Å². The van der Waals surface area contributed by atoms with Gasteiger partial charge in [-0.05, 0) is 25.1 Å². The van der Waals surface area contributed by atoms with Crippen molar-refractivity contribution in [3.8, 4) is 6.07 Å². The first-order valence-electron chi connectivity index (χ1n) is 6.11. The summed E-state index contributed by atoms with van der Waals surface area (Å²) in [5.41, 5.74) is 0.570. The van der Waals surface area contributed by atoms with Crippen molar-refractivity contribution in [2.45, 2.75) is 6.92 Å². The van der Waals surface area contributed by atoms with E-state index in [2.05, 4.69) is 15.6 Å². The summed E-state index contributed by atoms with van der Waals surface area (Å²) in [7, 11) is 0. The van der Waals surface area contributed by atoms with Crippen LogP contribution in [0.15, 0.2) is 24.3 Å². The Labute approximate surface area is 125 Å². The molecule has 2 aromatic rings. The smallest absolute Gasteiger partial charge is 0.169 e. The van der Waals surface area contributed by atoms with Crippen LogP contribution in [0, 0.1) is 23.0 Å². The molecule has 0 saturated heterocycles. The van der Waals surface area contributed by atoms with Gasteiger partial charge < -0.3 is 10.6 Å². The van der Waals surface area contributed by atoms with Crippen LogP contribution in [0.3, 0.4) is 0 Å². The molecule has 1 aromatic carbocycles. The Morgan fingerprint density at radius 2 is 1.95 bits per heavy atom. The SMILES string of the molecule is CCNc1nc(Nc2cc(Cl)ccc2C#N)c(F)cc1F. The van der Waals surface area contributed by atoms with E-state index in [1.807, 2.05) is 6.07 Å². The van der Waals surface area contributed by atoms with Crippen molar-refractivity contribution in [1.82, 2.24) is 4.98 Å². The van der Waals surface area contributed by atoms with Crippen LogP contribution in [-0.4, -0.2) is 11.5 Å². The van der Waals surface area contributed by atoms with Gasteiger partial charge in [0.15, 0.2) is 23.3 Å². The van der Waals surface area contributed by atoms with E-state index in [0.29, 0.717) is 17.3 Å². The minimum absolute atomic E-state index is 0.0677. The minimum atomic E-state index is -0.863. The second-order valence-corrected chi connectivity index (χ2v) is 4.54. The highest BCUT2D eigenvalue weighted by molar-refractivity contribution is 6.30. The maximum absolute atomic E-state index is 13.8. The Kier molecular flexibility index (Phi) is 4.55. The van der Waals surface area contributed by atoms with E-state index in [1.54, 1.807) is 13.0 Å². The van der Waals surface area contributed by atoms with E-state index in [1.165, 1.54) is 12.1 Å². The molecule has 2 N–H and O–H groups in total. The van der Waals surface area contributed by atoms with Crippen LogP contribution in [-0.2, 0) is 0 Å². The first kappa shape index (κ1) is 15.0. The maximum atomic E-state index is 13.8. The van der Waals surface area contributed by atoms with E-state index < -0.39 is 11.6 Å². The van der Waals surface area contributed by atoms with Gasteiger partial charge in [0.25, 0.3) is 0 Å². The summed E-state index contributed by atoms with van der Waals surface area (Å²) in [6, 6.07) is 7.19. The highest BCUT2D eigenvalue weighted by atomic mass is 35.5. The summed E-state index contributed by atoms with van der Waals surface area (Å²) in [5, 5.41) is 14.7. The molecule has 0 bridgehead atoms. The lowest BCUT2D eigenvalue weighted by Crippen LogP contribution is -2.07. The van der Waals surface area contributed by atoms with E-state index >= 15 is 0 Å². The molecule has 0 aliphatic rings. The summed E-state index contributed by atoms with van der Waals surface area (Å²) in [5.74, 6) is -1.91. The molecule has 0 aliphatic carbocycles. The molecular formula is C14H11ClF2N4. The number of nitriles is 1. The van der Waals surface area contributed by atoms with Gasteiger partial charge in [0, 0.05) is 17.6 Å². The Balaban J connectivity index is 2.42. The molecule has 108 valence electrons. The lowest BCUT2D eigenvalue weighted by atomic mass is 10.2. The average molecular weight is 309 g/mol. The second-order valence-electron chi connectivity index (χ2n) is 4.11. The first-order chi connectivity index (χ1) is 10.0. The molecule has 0 aliphatic heterocycles. The fourth-order valence-electron chi connectivity index (χ4n) is 1.69. The van der Waals surface area contributed by atoms with Crippen molar-refractivity contribution >= 4 is 28.9 Å². The van der Waals surface area contributed by atoms with E-state index in [9.17, 15) is 8.78 Å². The topological polar surface area (TPSA) is 60.7 Å². The number of aromatic nitrogens is 1. The number of hydrogen-bond acceptors (Lipinski definition) is 4. The van der Waals surface area contributed by atoms with Gasteiger partial charge >= 0.3 is 0 Å². The molecule has 1 aromatic heterocycles. The Morgan fingerprint density at radius 3 is 2.62 bits per heavy atom. The number of nitrogens with one attached hydrogen (secondary N) is 2. The van der Waals surface area contributed by atoms with Crippen LogP contribution in [0.4, 0.5) is 26.1 Å². The van der Waals surface area contributed by atoms with Crippen molar-refractivity contribution < 1.29 is 8.78 Å². The predicted molar refractivity (Wildman–Crippen MR) is 77.8 cm³/mol. The van der Waals surface area contributed by atoms with Gasteiger partial charge in [-0.2, -0.15) is 5.26 Å². The Hall–Kier alpha value is -2.39. The predicted octanol–water partition coefficient (Wildman–Crippen LogP) is 4.06. The molecule has 2 rings (SSSR count). The Bertz CT molecular complexity index is 713. The number of halogens is 3. The van der Waals surface area contributed by atoms with E-state index in [-0.39, 0.29) is 17.2 Å². The Morgan fingerprint density at radius 1 is 1.24 bits per heavy atom. The van der Waals surface area contributed by atoms with Crippen LogP contribution in [0.5, 0.6) is 0 Å². The zero-order chi connectivity index (χ0) is 15.4. The molecule has 4 nitrogen and oxygen atoms in total. The molecule has 7 heteroatoms. The highest BCUT2D eigenvalue weighted by Gasteiger charge is 2.13. The zero-order valence-electron chi connectivity index (χ0n) is 11.0. The minimum Gasteiger partial charge on any atom is -0.368 e. The van der Waals surface area contributed by atoms with Crippen molar-refractivity contribution in [2.75, 3.05) is 17.2 Å². The van der Waals surface area contributed by atoms with Gasteiger partial charge in [-0.25, -0.2) is 13.8 Å². The van der Waals surface area contributed by atoms with Crippen molar-refractivity contribution in [3.63, 3.8) is 0 Å². The van der Waals surface area contributed by atoms with Gasteiger partial charge in [0.2, 0.25) is 0 Å². The number of nitrogens with zero attached hydrogens (tertiary/aromatic N) is 2. The largest absolute Gasteiger partial charge is 0.368 e. The van der Waals surface area contributed by atoms with Crippen LogP contribution in [0.2, 0.25) is 5.02 Å². The summed E-state index contributed by atoms with van der Waals surface area (Å²) >= 11 is 5.85. The number of hydrogen-bond donors (Lipinski definition) is 2. The zero-order valence-corrected chi connectivity index (χ0v) is 11.8. The van der Waals surface area contributed by atoms with Gasteiger partial charge in [0.05, 0.1) is 11.3 Å². The third-order valence-corrected chi connectivity index (χ3v) is 2.86. The number of anilines is 3. The third-order valence-electron chi connectivity index (χ3n) is 2.63. The van der Waals surface area contributed by atoms with Gasteiger partial charge in [-0.1, -0.05) is 11.6 Å². The quantitative estimate of drug-likeness (QED) is 0.894. The van der Waals surface area contributed by atoms with Crippen molar-refractivity contribution in [1.29, 1.82) is 5.26 Å². The molecule has 0 saturated carbocycles. The number of pyridine rings is 1. The molecule has 0 spiro atoms. The molecule has 0 radical (unpaired) electrons. The van der Waals surface area contributed by atoms with E-state index in [0.717, 1.165) is 6.07 Å². The molecule has 0 amide bonds. The highest BCUT2D eigenvalue weighted by Crippen LogP contribution is 2.26. The second kappa shape index (κ2) is 6.37. The van der Waals surface area contributed by atoms with Crippen LogP contribution in [0.25, 0.3) is 0 Å². The van der Waals surface area contributed by atoms with Crippen LogP contribution < -0.4 is 10.6 Å². The van der Waals surface area contributed by atoms with Crippen LogP contribution in [0.1, 0.15) is 12.5 Å². The van der Waals surface area contributed by atoms with E-state index in [4.69, 9.17) is 16.9 Å². The molecule has 0 atom stereocenters. The first-order valence-corrected chi connectivity index (χ1v) is 6.49. The van der Waals surface area contributed by atoms with Gasteiger partial charge in [0.1, 0.15) is 6.07 Å². The van der Waals surface area contributed by atoms with Gasteiger partial charge in [-0.15, -0.1) is 0 Å². The summed E-state index contributed by atoms with van der Waals surface area (Å²) in [6.45, 7) is 2.21. The van der Waals surface area contributed by atoms with Crippen molar-refractivity contribution in [2.24, 2.45) is 0 Å². The molecule has 21 heavy (non-hydrogen) atoms. The summed E-state index contributed by atoms with van der Waals surface area (Å²) in [6.07, 6.45) is 0. The maximum Gasteiger partial charge on any atom is 0.169 e.